The fourth-order valence-corrected chi connectivity index (χ4v) is 1.80. The normalized spacial score (nSPS) is 14.9. The predicted molar refractivity (Wildman–Crippen MR) is 64.1 cm³/mol. The molecule has 1 aliphatic carbocycles. The summed E-state index contributed by atoms with van der Waals surface area (Å²) in [5, 5.41) is 0.570. The maximum Gasteiger partial charge on any atom is 0.179 e. The summed E-state index contributed by atoms with van der Waals surface area (Å²) in [5.74, 6) is 1.98. The average Bonchev–Trinajstić information content (AvgIpc) is 3.10. The van der Waals surface area contributed by atoms with Gasteiger partial charge in [-0.05, 0) is 36.5 Å². The lowest BCUT2D eigenvalue weighted by Gasteiger charge is -2.13. The van der Waals surface area contributed by atoms with Crippen LogP contribution in [0.15, 0.2) is 12.1 Å². The third-order valence-corrected chi connectivity index (χ3v) is 2.97. The summed E-state index contributed by atoms with van der Waals surface area (Å²) in [4.78, 5) is 0. The van der Waals surface area contributed by atoms with E-state index in [-0.39, 0.29) is 0 Å². The number of methoxy groups -OCH3 is 1. The minimum Gasteiger partial charge on any atom is -0.493 e. The predicted octanol–water partition coefficient (Wildman–Crippen LogP) is 2.60. The number of nitrogens with two attached hydrogens (primary N) is 1. The fourth-order valence-electron chi connectivity index (χ4n) is 1.52. The fraction of sp³-hybridized carbons (Fsp3) is 0.500. The summed E-state index contributed by atoms with van der Waals surface area (Å²) in [6.07, 6.45) is 2.50. The molecule has 2 rings (SSSR count). The minimum absolute atomic E-state index is 0.443. The van der Waals surface area contributed by atoms with Gasteiger partial charge in [0.05, 0.1) is 18.7 Å². The average molecular weight is 242 g/mol. The van der Waals surface area contributed by atoms with Gasteiger partial charge in [0.15, 0.2) is 11.5 Å². The summed E-state index contributed by atoms with van der Waals surface area (Å²) in [5.41, 5.74) is 6.51. The van der Waals surface area contributed by atoms with Crippen LogP contribution in [-0.2, 0) is 6.54 Å². The quantitative estimate of drug-likeness (QED) is 0.862. The first kappa shape index (κ1) is 11.6. The lowest BCUT2D eigenvalue weighted by Crippen LogP contribution is -2.03. The summed E-state index contributed by atoms with van der Waals surface area (Å²) >= 11 is 6.14. The zero-order valence-electron chi connectivity index (χ0n) is 9.33. The van der Waals surface area contributed by atoms with Crippen LogP contribution >= 0.6 is 11.6 Å². The molecule has 1 aromatic carbocycles. The van der Waals surface area contributed by atoms with Gasteiger partial charge in [-0.15, -0.1) is 0 Å². The second kappa shape index (κ2) is 4.93. The molecule has 0 saturated heterocycles. The molecule has 1 aromatic rings. The summed E-state index contributed by atoms with van der Waals surface area (Å²) in [6.45, 7) is 1.16. The van der Waals surface area contributed by atoms with E-state index in [0.717, 1.165) is 12.2 Å². The Labute approximate surface area is 100 Å². The van der Waals surface area contributed by atoms with Crippen molar-refractivity contribution in [3.63, 3.8) is 0 Å². The van der Waals surface area contributed by atoms with Crippen molar-refractivity contribution in [1.82, 2.24) is 0 Å². The van der Waals surface area contributed by atoms with Crippen molar-refractivity contribution in [2.24, 2.45) is 11.7 Å². The van der Waals surface area contributed by atoms with E-state index in [2.05, 4.69) is 0 Å². The van der Waals surface area contributed by atoms with Crippen molar-refractivity contribution in [2.45, 2.75) is 19.4 Å². The van der Waals surface area contributed by atoms with Crippen LogP contribution in [0, 0.1) is 5.92 Å². The molecule has 3 nitrogen and oxygen atoms in total. The molecule has 0 heterocycles. The number of hydrogen-bond donors (Lipinski definition) is 1. The van der Waals surface area contributed by atoms with Gasteiger partial charge in [0.25, 0.3) is 0 Å². The van der Waals surface area contributed by atoms with Crippen LogP contribution in [0.25, 0.3) is 0 Å². The molecule has 0 unspecified atom stereocenters. The molecule has 4 heteroatoms. The lowest BCUT2D eigenvalue weighted by molar-refractivity contribution is 0.280. The highest BCUT2D eigenvalue weighted by Crippen LogP contribution is 2.38. The van der Waals surface area contributed by atoms with Gasteiger partial charge in [-0.25, -0.2) is 0 Å². The Morgan fingerprint density at radius 2 is 2.19 bits per heavy atom. The molecule has 0 radical (unpaired) electrons. The van der Waals surface area contributed by atoms with Gasteiger partial charge in [-0.1, -0.05) is 11.6 Å². The van der Waals surface area contributed by atoms with E-state index in [1.54, 1.807) is 7.11 Å². The third kappa shape index (κ3) is 2.60. The van der Waals surface area contributed by atoms with Gasteiger partial charge < -0.3 is 15.2 Å². The van der Waals surface area contributed by atoms with Crippen LogP contribution in [0.3, 0.4) is 0 Å². The summed E-state index contributed by atoms with van der Waals surface area (Å²) in [6, 6.07) is 3.69. The molecule has 16 heavy (non-hydrogen) atoms. The second-order valence-corrected chi connectivity index (χ2v) is 4.47. The molecular formula is C12H16ClNO2. The largest absolute Gasteiger partial charge is 0.493 e. The molecule has 2 N–H and O–H groups in total. The molecule has 0 spiro atoms. The number of rotatable bonds is 5. The zero-order valence-corrected chi connectivity index (χ0v) is 10.1. The van der Waals surface area contributed by atoms with Crippen LogP contribution in [-0.4, -0.2) is 13.7 Å². The van der Waals surface area contributed by atoms with E-state index in [9.17, 15) is 0 Å². The second-order valence-electron chi connectivity index (χ2n) is 4.07. The standard InChI is InChI=1S/C12H16ClNO2/c1-15-11-5-9(6-14)4-10(13)12(11)16-7-8-2-3-8/h4-5,8H,2-3,6-7,14H2,1H3. The SMILES string of the molecule is COc1cc(CN)cc(Cl)c1OCC1CC1. The number of benzene rings is 1. The highest BCUT2D eigenvalue weighted by molar-refractivity contribution is 6.32. The zero-order chi connectivity index (χ0) is 11.5. The Kier molecular flexibility index (Phi) is 3.56. The maximum atomic E-state index is 6.14. The molecule has 1 fully saturated rings. The van der Waals surface area contributed by atoms with Crippen molar-refractivity contribution >= 4 is 11.6 Å². The number of halogens is 1. The van der Waals surface area contributed by atoms with Crippen molar-refractivity contribution in [3.8, 4) is 11.5 Å². The molecule has 0 aromatic heterocycles. The summed E-state index contributed by atoms with van der Waals surface area (Å²) < 4.78 is 10.9. The van der Waals surface area contributed by atoms with Gasteiger partial charge in [0.1, 0.15) is 0 Å². The minimum atomic E-state index is 0.443. The van der Waals surface area contributed by atoms with Crippen LogP contribution in [0.2, 0.25) is 5.02 Å². The monoisotopic (exact) mass is 241 g/mol. The van der Waals surface area contributed by atoms with Crippen LogP contribution in [0.4, 0.5) is 0 Å². The van der Waals surface area contributed by atoms with Gasteiger partial charge in [-0.2, -0.15) is 0 Å². The number of hydrogen-bond acceptors (Lipinski definition) is 3. The van der Waals surface area contributed by atoms with E-state index in [4.69, 9.17) is 26.8 Å². The molecule has 0 atom stereocenters. The topological polar surface area (TPSA) is 44.5 Å². The number of ether oxygens (including phenoxy) is 2. The Morgan fingerprint density at radius 3 is 2.75 bits per heavy atom. The lowest BCUT2D eigenvalue weighted by atomic mass is 10.2. The van der Waals surface area contributed by atoms with Gasteiger partial charge >= 0.3 is 0 Å². The van der Waals surface area contributed by atoms with Crippen molar-refractivity contribution in [1.29, 1.82) is 0 Å². The molecule has 1 saturated carbocycles. The Morgan fingerprint density at radius 1 is 1.44 bits per heavy atom. The van der Waals surface area contributed by atoms with Crippen LogP contribution in [0.1, 0.15) is 18.4 Å². The highest BCUT2D eigenvalue weighted by Gasteiger charge is 2.23. The third-order valence-electron chi connectivity index (χ3n) is 2.69. The summed E-state index contributed by atoms with van der Waals surface area (Å²) in [7, 11) is 1.61. The highest BCUT2D eigenvalue weighted by atomic mass is 35.5. The molecule has 0 aliphatic heterocycles. The maximum absolute atomic E-state index is 6.14. The van der Waals surface area contributed by atoms with E-state index < -0.39 is 0 Å². The van der Waals surface area contributed by atoms with Gasteiger partial charge in [0.2, 0.25) is 0 Å². The molecule has 0 bridgehead atoms. The Bertz CT molecular complexity index is 378. The van der Waals surface area contributed by atoms with E-state index in [1.807, 2.05) is 12.1 Å². The molecule has 0 amide bonds. The Hall–Kier alpha value is -0.930. The first-order chi connectivity index (χ1) is 7.74. The smallest absolute Gasteiger partial charge is 0.179 e. The van der Waals surface area contributed by atoms with Gasteiger partial charge in [-0.3, -0.25) is 0 Å². The first-order valence-corrected chi connectivity index (χ1v) is 5.81. The van der Waals surface area contributed by atoms with E-state index >= 15 is 0 Å². The van der Waals surface area contributed by atoms with Crippen molar-refractivity contribution in [3.05, 3.63) is 22.7 Å². The van der Waals surface area contributed by atoms with Crippen molar-refractivity contribution < 1.29 is 9.47 Å². The molecular weight excluding hydrogens is 226 g/mol. The van der Waals surface area contributed by atoms with E-state index in [1.165, 1.54) is 12.8 Å². The first-order valence-electron chi connectivity index (χ1n) is 5.44. The van der Waals surface area contributed by atoms with Crippen LogP contribution in [0.5, 0.6) is 11.5 Å². The van der Waals surface area contributed by atoms with E-state index in [0.29, 0.717) is 29.0 Å². The van der Waals surface area contributed by atoms with Crippen LogP contribution < -0.4 is 15.2 Å². The molecule has 88 valence electrons. The van der Waals surface area contributed by atoms with Gasteiger partial charge in [0, 0.05) is 6.54 Å². The molecule has 1 aliphatic rings. The van der Waals surface area contributed by atoms with Crippen molar-refractivity contribution in [2.75, 3.05) is 13.7 Å². The Balaban J connectivity index is 2.18.